The van der Waals surface area contributed by atoms with E-state index in [9.17, 15) is 4.79 Å². The highest BCUT2D eigenvalue weighted by atomic mass is 16.5. The summed E-state index contributed by atoms with van der Waals surface area (Å²) < 4.78 is 10.5. The molecule has 0 saturated carbocycles. The van der Waals surface area contributed by atoms with E-state index in [1.165, 1.54) is 6.39 Å². The van der Waals surface area contributed by atoms with Gasteiger partial charge in [0.2, 0.25) is 0 Å². The zero-order valence-electron chi connectivity index (χ0n) is 11.8. The molecule has 6 heteroatoms. The molecule has 0 spiro atoms. The van der Waals surface area contributed by atoms with E-state index in [-0.39, 0.29) is 11.6 Å². The van der Waals surface area contributed by atoms with E-state index >= 15 is 0 Å². The SMILES string of the molecule is COc1ccc(-c2ocnc2C(=O)Nc2ccncc2)cc1. The van der Waals surface area contributed by atoms with Gasteiger partial charge in [0.15, 0.2) is 17.8 Å². The molecule has 0 aliphatic heterocycles. The molecule has 0 atom stereocenters. The van der Waals surface area contributed by atoms with Crippen molar-refractivity contribution < 1.29 is 13.9 Å². The van der Waals surface area contributed by atoms with Crippen molar-refractivity contribution in [1.29, 1.82) is 0 Å². The molecule has 110 valence electrons. The Morgan fingerprint density at radius 1 is 1.14 bits per heavy atom. The van der Waals surface area contributed by atoms with Gasteiger partial charge in [0, 0.05) is 23.6 Å². The first-order valence-electron chi connectivity index (χ1n) is 6.57. The van der Waals surface area contributed by atoms with E-state index in [2.05, 4.69) is 15.3 Å². The van der Waals surface area contributed by atoms with Crippen molar-refractivity contribution in [3.8, 4) is 17.1 Å². The average molecular weight is 295 g/mol. The van der Waals surface area contributed by atoms with Crippen LogP contribution in [0.3, 0.4) is 0 Å². The fraction of sp³-hybridized carbons (Fsp3) is 0.0625. The van der Waals surface area contributed by atoms with Crippen LogP contribution in [0.4, 0.5) is 5.69 Å². The number of pyridine rings is 1. The summed E-state index contributed by atoms with van der Waals surface area (Å²) >= 11 is 0. The van der Waals surface area contributed by atoms with Gasteiger partial charge in [-0.3, -0.25) is 9.78 Å². The minimum absolute atomic E-state index is 0.224. The Labute approximate surface area is 126 Å². The standard InChI is InChI=1S/C16H13N3O3/c1-21-13-4-2-11(3-5-13)15-14(18-10-22-15)16(20)19-12-6-8-17-9-7-12/h2-10H,1H3,(H,17,19,20). The minimum atomic E-state index is -0.342. The third-order valence-corrected chi connectivity index (χ3v) is 3.07. The predicted octanol–water partition coefficient (Wildman–Crippen LogP) is 3.00. The smallest absolute Gasteiger partial charge is 0.278 e. The summed E-state index contributed by atoms with van der Waals surface area (Å²) in [7, 11) is 1.59. The second kappa shape index (κ2) is 6.09. The van der Waals surface area contributed by atoms with Crippen molar-refractivity contribution in [1.82, 2.24) is 9.97 Å². The van der Waals surface area contributed by atoms with Crippen LogP contribution in [0, 0.1) is 0 Å². The quantitative estimate of drug-likeness (QED) is 0.800. The van der Waals surface area contributed by atoms with E-state index in [4.69, 9.17) is 9.15 Å². The van der Waals surface area contributed by atoms with Crippen LogP contribution in [0.2, 0.25) is 0 Å². The number of carbonyl (C=O) groups excluding carboxylic acids is 1. The maximum absolute atomic E-state index is 12.3. The van der Waals surface area contributed by atoms with Crippen molar-refractivity contribution in [2.45, 2.75) is 0 Å². The van der Waals surface area contributed by atoms with Crippen LogP contribution < -0.4 is 10.1 Å². The Morgan fingerprint density at radius 3 is 2.55 bits per heavy atom. The molecule has 0 saturated heterocycles. The molecular formula is C16H13N3O3. The average Bonchev–Trinajstić information content (AvgIpc) is 3.05. The van der Waals surface area contributed by atoms with Gasteiger partial charge in [-0.25, -0.2) is 4.98 Å². The van der Waals surface area contributed by atoms with Crippen molar-refractivity contribution in [3.63, 3.8) is 0 Å². The van der Waals surface area contributed by atoms with E-state index in [0.717, 1.165) is 11.3 Å². The Kier molecular flexibility index (Phi) is 3.82. The number of nitrogens with zero attached hydrogens (tertiary/aromatic N) is 2. The fourth-order valence-electron chi connectivity index (χ4n) is 1.98. The maximum Gasteiger partial charge on any atom is 0.278 e. The van der Waals surface area contributed by atoms with Gasteiger partial charge < -0.3 is 14.5 Å². The lowest BCUT2D eigenvalue weighted by atomic mass is 10.1. The van der Waals surface area contributed by atoms with Crippen LogP contribution in [0.25, 0.3) is 11.3 Å². The third kappa shape index (κ3) is 2.80. The number of amides is 1. The number of aromatic nitrogens is 2. The topological polar surface area (TPSA) is 77.2 Å². The minimum Gasteiger partial charge on any atom is -0.497 e. The van der Waals surface area contributed by atoms with Gasteiger partial charge in [-0.1, -0.05) is 0 Å². The lowest BCUT2D eigenvalue weighted by Crippen LogP contribution is -2.13. The molecule has 2 aromatic heterocycles. The predicted molar refractivity (Wildman–Crippen MR) is 80.7 cm³/mol. The molecule has 3 rings (SSSR count). The molecule has 3 aromatic rings. The number of hydrogen-bond donors (Lipinski definition) is 1. The summed E-state index contributed by atoms with van der Waals surface area (Å²) in [6.07, 6.45) is 4.45. The molecule has 6 nitrogen and oxygen atoms in total. The van der Waals surface area contributed by atoms with Crippen molar-refractivity contribution >= 4 is 11.6 Å². The highest BCUT2D eigenvalue weighted by Crippen LogP contribution is 2.25. The number of carbonyl (C=O) groups is 1. The summed E-state index contributed by atoms with van der Waals surface area (Å²) in [6, 6.07) is 10.6. The molecule has 2 heterocycles. The summed E-state index contributed by atoms with van der Waals surface area (Å²) in [4.78, 5) is 20.2. The highest BCUT2D eigenvalue weighted by molar-refractivity contribution is 6.06. The van der Waals surface area contributed by atoms with Gasteiger partial charge in [-0.05, 0) is 36.4 Å². The zero-order valence-corrected chi connectivity index (χ0v) is 11.8. The molecule has 1 N–H and O–H groups in total. The molecule has 0 bridgehead atoms. The van der Waals surface area contributed by atoms with Gasteiger partial charge in [-0.2, -0.15) is 0 Å². The molecule has 0 radical (unpaired) electrons. The molecular weight excluding hydrogens is 282 g/mol. The van der Waals surface area contributed by atoms with Crippen LogP contribution >= 0.6 is 0 Å². The van der Waals surface area contributed by atoms with E-state index in [1.807, 2.05) is 12.1 Å². The number of ether oxygens (including phenoxy) is 1. The first-order chi connectivity index (χ1) is 10.8. The fourth-order valence-corrected chi connectivity index (χ4v) is 1.98. The first kappa shape index (κ1) is 13.8. The van der Waals surface area contributed by atoms with Crippen LogP contribution in [0.1, 0.15) is 10.5 Å². The molecule has 1 aromatic carbocycles. The van der Waals surface area contributed by atoms with Gasteiger partial charge >= 0.3 is 0 Å². The van der Waals surface area contributed by atoms with Crippen LogP contribution in [-0.2, 0) is 0 Å². The number of rotatable bonds is 4. The molecule has 1 amide bonds. The molecule has 0 fully saturated rings. The molecule has 0 aliphatic rings. The molecule has 0 unspecified atom stereocenters. The summed E-state index contributed by atoms with van der Waals surface area (Å²) in [5.74, 6) is 0.797. The van der Waals surface area contributed by atoms with Crippen LogP contribution in [0.5, 0.6) is 5.75 Å². The highest BCUT2D eigenvalue weighted by Gasteiger charge is 2.18. The third-order valence-electron chi connectivity index (χ3n) is 3.07. The van der Waals surface area contributed by atoms with Gasteiger partial charge in [0.25, 0.3) is 5.91 Å². The second-order valence-corrected chi connectivity index (χ2v) is 4.45. The lowest BCUT2D eigenvalue weighted by Gasteiger charge is -2.05. The van der Waals surface area contributed by atoms with Gasteiger partial charge in [0.05, 0.1) is 7.11 Å². The zero-order chi connectivity index (χ0) is 15.4. The first-order valence-corrected chi connectivity index (χ1v) is 6.57. The Hall–Kier alpha value is -3.15. The Bertz CT molecular complexity index is 767. The number of methoxy groups -OCH3 is 1. The van der Waals surface area contributed by atoms with Crippen LogP contribution in [0.15, 0.2) is 59.6 Å². The van der Waals surface area contributed by atoms with Crippen molar-refractivity contribution in [3.05, 3.63) is 60.9 Å². The Balaban J connectivity index is 1.86. The normalized spacial score (nSPS) is 10.2. The van der Waals surface area contributed by atoms with E-state index in [0.29, 0.717) is 11.4 Å². The number of benzene rings is 1. The van der Waals surface area contributed by atoms with E-state index in [1.54, 1.807) is 43.8 Å². The lowest BCUT2D eigenvalue weighted by molar-refractivity contribution is 0.102. The number of nitrogens with one attached hydrogen (secondary N) is 1. The monoisotopic (exact) mass is 295 g/mol. The summed E-state index contributed by atoms with van der Waals surface area (Å²) in [5.41, 5.74) is 1.61. The van der Waals surface area contributed by atoms with Crippen molar-refractivity contribution in [2.75, 3.05) is 12.4 Å². The number of anilines is 1. The summed E-state index contributed by atoms with van der Waals surface area (Å²) in [5, 5.41) is 2.75. The van der Waals surface area contributed by atoms with E-state index < -0.39 is 0 Å². The molecule has 0 aliphatic carbocycles. The largest absolute Gasteiger partial charge is 0.497 e. The van der Waals surface area contributed by atoms with Crippen molar-refractivity contribution in [2.24, 2.45) is 0 Å². The number of oxazole rings is 1. The second-order valence-electron chi connectivity index (χ2n) is 4.45. The Morgan fingerprint density at radius 2 is 1.86 bits per heavy atom. The maximum atomic E-state index is 12.3. The van der Waals surface area contributed by atoms with Gasteiger partial charge in [-0.15, -0.1) is 0 Å². The number of hydrogen-bond acceptors (Lipinski definition) is 5. The van der Waals surface area contributed by atoms with Gasteiger partial charge in [0.1, 0.15) is 5.75 Å². The summed E-state index contributed by atoms with van der Waals surface area (Å²) in [6.45, 7) is 0. The van der Waals surface area contributed by atoms with Crippen LogP contribution in [-0.4, -0.2) is 23.0 Å². The molecule has 22 heavy (non-hydrogen) atoms.